The van der Waals surface area contributed by atoms with Crippen LogP contribution in [0.5, 0.6) is 0 Å². The number of amides is 2. The number of benzene rings is 2. The molecule has 2 aromatic carbocycles. The van der Waals surface area contributed by atoms with E-state index in [0.29, 0.717) is 17.7 Å². The number of nitro groups is 1. The first-order chi connectivity index (χ1) is 18.3. The van der Waals surface area contributed by atoms with Crippen molar-refractivity contribution in [2.24, 2.45) is 0 Å². The predicted octanol–water partition coefficient (Wildman–Crippen LogP) is 3.93. The molecule has 1 saturated carbocycles. The van der Waals surface area contributed by atoms with Crippen molar-refractivity contribution < 1.29 is 19.6 Å². The second-order valence-corrected chi connectivity index (χ2v) is 11.1. The Labute approximate surface area is 223 Å². The Morgan fingerprint density at radius 2 is 1.79 bits per heavy atom. The monoisotopic (exact) mass is 520 g/mol. The Kier molecular flexibility index (Phi) is 7.24. The van der Waals surface area contributed by atoms with Gasteiger partial charge in [-0.1, -0.05) is 43.5 Å². The van der Waals surface area contributed by atoms with Gasteiger partial charge in [-0.2, -0.15) is 0 Å². The molecule has 0 bridgehead atoms. The molecule has 0 radical (unpaired) electrons. The summed E-state index contributed by atoms with van der Waals surface area (Å²) >= 11 is 0. The number of hydrogen-bond donors (Lipinski definition) is 1. The third-order valence-corrected chi connectivity index (χ3v) is 8.50. The second kappa shape index (κ2) is 10.5. The van der Waals surface area contributed by atoms with Crippen molar-refractivity contribution >= 4 is 23.2 Å². The molecule has 9 heteroatoms. The van der Waals surface area contributed by atoms with Crippen LogP contribution in [-0.4, -0.2) is 64.9 Å². The van der Waals surface area contributed by atoms with Crippen molar-refractivity contribution in [1.82, 2.24) is 9.80 Å². The minimum absolute atomic E-state index is 0.0379. The number of nitro benzene ring substituents is 1. The zero-order valence-corrected chi connectivity index (χ0v) is 22.1. The Morgan fingerprint density at radius 1 is 1.08 bits per heavy atom. The number of likely N-dealkylation sites (tertiary alicyclic amines) is 1. The number of fused-ring (bicyclic) bond motifs is 3. The molecule has 2 aromatic rings. The first-order valence-corrected chi connectivity index (χ1v) is 13.5. The van der Waals surface area contributed by atoms with Crippen LogP contribution in [0.1, 0.15) is 67.7 Å². The van der Waals surface area contributed by atoms with Crippen LogP contribution in [0.25, 0.3) is 0 Å². The molecular formula is C29H36N4O5. The molecular weight excluding hydrogens is 484 g/mol. The molecule has 2 amide bonds. The van der Waals surface area contributed by atoms with Crippen LogP contribution in [0.4, 0.5) is 11.4 Å². The summed E-state index contributed by atoms with van der Waals surface area (Å²) in [7, 11) is 3.98. The van der Waals surface area contributed by atoms with E-state index in [-0.39, 0.29) is 36.6 Å². The summed E-state index contributed by atoms with van der Waals surface area (Å²) < 4.78 is 0. The van der Waals surface area contributed by atoms with Crippen molar-refractivity contribution in [3.05, 3.63) is 69.3 Å². The standard InChI is InChI=1S/C29H36N4O5/c1-30(2)15-6-16-31-25-17-20(19-34)9-14-24(25)27-29(28(31)36,21-10-12-23(13-11-21)33(37)38)18-26(35)32(27)22-7-4-3-5-8-22/h9-14,17,22,27,34H,3-8,15-16,18-19H2,1-2H3/t27-,29-/m1/s1. The first-order valence-electron chi connectivity index (χ1n) is 13.5. The molecule has 1 aliphatic carbocycles. The number of carbonyl (C=O) groups excluding carboxylic acids is 2. The van der Waals surface area contributed by atoms with Gasteiger partial charge < -0.3 is 19.8 Å². The van der Waals surface area contributed by atoms with Crippen molar-refractivity contribution in [3.8, 4) is 0 Å². The number of nitrogens with zero attached hydrogens (tertiary/aromatic N) is 4. The van der Waals surface area contributed by atoms with E-state index in [1.807, 2.05) is 37.2 Å². The number of non-ortho nitro benzene ring substituents is 1. The van der Waals surface area contributed by atoms with Gasteiger partial charge in [0.15, 0.2) is 0 Å². The maximum absolute atomic E-state index is 14.7. The summed E-state index contributed by atoms with van der Waals surface area (Å²) in [6.45, 7) is 1.12. The van der Waals surface area contributed by atoms with E-state index in [2.05, 4.69) is 4.90 Å². The Hall–Kier alpha value is -3.30. The van der Waals surface area contributed by atoms with Crippen LogP contribution in [0.2, 0.25) is 0 Å². The van der Waals surface area contributed by atoms with Crippen LogP contribution < -0.4 is 4.90 Å². The molecule has 3 aliphatic rings. The van der Waals surface area contributed by atoms with Crippen LogP contribution in [0.3, 0.4) is 0 Å². The summed E-state index contributed by atoms with van der Waals surface area (Å²) in [5, 5.41) is 21.3. The maximum atomic E-state index is 14.7. The third kappa shape index (κ3) is 4.37. The molecule has 202 valence electrons. The lowest BCUT2D eigenvalue weighted by Crippen LogP contribution is -2.55. The minimum atomic E-state index is -1.17. The first kappa shape index (κ1) is 26.3. The lowest BCUT2D eigenvalue weighted by molar-refractivity contribution is -0.384. The summed E-state index contributed by atoms with van der Waals surface area (Å²) in [6, 6.07) is 11.5. The summed E-state index contributed by atoms with van der Waals surface area (Å²) in [5.41, 5.74) is 1.79. The molecule has 2 atom stereocenters. The SMILES string of the molecule is CN(C)CCCN1C(=O)[C@@]2(c3ccc([N+](=O)[O-])cc3)CC(=O)N(C3CCCCC3)[C@@H]2c2ccc(CO)cc21. The van der Waals surface area contributed by atoms with Gasteiger partial charge in [-0.25, -0.2) is 0 Å². The Bertz CT molecular complexity index is 1220. The lowest BCUT2D eigenvalue weighted by Gasteiger charge is -2.48. The van der Waals surface area contributed by atoms with Crippen molar-refractivity contribution in [2.75, 3.05) is 32.1 Å². The van der Waals surface area contributed by atoms with Gasteiger partial charge in [0.05, 0.1) is 17.6 Å². The van der Waals surface area contributed by atoms with Gasteiger partial charge >= 0.3 is 0 Å². The number of rotatable bonds is 8. The van der Waals surface area contributed by atoms with Gasteiger partial charge in [0, 0.05) is 36.8 Å². The Balaban J connectivity index is 1.70. The fraction of sp³-hybridized carbons (Fsp3) is 0.517. The summed E-state index contributed by atoms with van der Waals surface area (Å²) in [5.74, 6) is -0.190. The summed E-state index contributed by atoms with van der Waals surface area (Å²) in [6.07, 6.45) is 5.83. The molecule has 2 aliphatic heterocycles. The largest absolute Gasteiger partial charge is 0.392 e. The normalized spacial score (nSPS) is 23.6. The number of aliphatic hydroxyl groups excluding tert-OH is 1. The molecule has 5 rings (SSSR count). The Morgan fingerprint density at radius 3 is 2.42 bits per heavy atom. The highest BCUT2D eigenvalue weighted by Crippen LogP contribution is 2.57. The van der Waals surface area contributed by atoms with Gasteiger partial charge in [-0.3, -0.25) is 19.7 Å². The molecule has 0 spiro atoms. The third-order valence-electron chi connectivity index (χ3n) is 8.50. The number of aliphatic hydroxyl groups is 1. The molecule has 1 saturated heterocycles. The molecule has 2 heterocycles. The highest BCUT2D eigenvalue weighted by molar-refractivity contribution is 6.09. The fourth-order valence-electron chi connectivity index (χ4n) is 6.72. The second-order valence-electron chi connectivity index (χ2n) is 11.1. The zero-order valence-electron chi connectivity index (χ0n) is 22.1. The number of carbonyl (C=O) groups is 2. The van der Waals surface area contributed by atoms with Crippen LogP contribution >= 0.6 is 0 Å². The average Bonchev–Trinajstić information content (AvgIpc) is 3.24. The van der Waals surface area contributed by atoms with E-state index in [9.17, 15) is 24.8 Å². The average molecular weight is 521 g/mol. The summed E-state index contributed by atoms with van der Waals surface area (Å²) in [4.78, 5) is 45.3. The minimum Gasteiger partial charge on any atom is -0.392 e. The van der Waals surface area contributed by atoms with Crippen LogP contribution in [0, 0.1) is 10.1 Å². The quantitative estimate of drug-likeness (QED) is 0.418. The van der Waals surface area contributed by atoms with Gasteiger partial charge in [-0.05, 0) is 62.7 Å². The zero-order chi connectivity index (χ0) is 27.0. The maximum Gasteiger partial charge on any atom is 0.269 e. The van der Waals surface area contributed by atoms with E-state index in [4.69, 9.17) is 0 Å². The molecule has 0 aromatic heterocycles. The fourth-order valence-corrected chi connectivity index (χ4v) is 6.72. The van der Waals surface area contributed by atoms with E-state index in [1.165, 1.54) is 12.1 Å². The highest BCUT2D eigenvalue weighted by Gasteiger charge is 2.63. The smallest absolute Gasteiger partial charge is 0.269 e. The van der Waals surface area contributed by atoms with Crippen molar-refractivity contribution in [3.63, 3.8) is 0 Å². The predicted molar refractivity (Wildman–Crippen MR) is 144 cm³/mol. The van der Waals surface area contributed by atoms with Crippen molar-refractivity contribution in [2.45, 2.75) is 69.1 Å². The number of hydrogen-bond acceptors (Lipinski definition) is 6. The van der Waals surface area contributed by atoms with Gasteiger partial charge in [0.1, 0.15) is 5.41 Å². The molecule has 9 nitrogen and oxygen atoms in total. The molecule has 1 N–H and O–H groups in total. The topological polar surface area (TPSA) is 107 Å². The van der Waals surface area contributed by atoms with Gasteiger partial charge in [0.2, 0.25) is 11.8 Å². The molecule has 38 heavy (non-hydrogen) atoms. The van der Waals surface area contributed by atoms with Crippen LogP contribution in [0.15, 0.2) is 42.5 Å². The number of anilines is 1. The van der Waals surface area contributed by atoms with Gasteiger partial charge in [-0.15, -0.1) is 0 Å². The van der Waals surface area contributed by atoms with Crippen LogP contribution in [-0.2, 0) is 21.6 Å². The van der Waals surface area contributed by atoms with E-state index in [0.717, 1.165) is 56.3 Å². The van der Waals surface area contributed by atoms with E-state index >= 15 is 0 Å². The van der Waals surface area contributed by atoms with E-state index in [1.54, 1.807) is 17.0 Å². The molecule has 2 fully saturated rings. The van der Waals surface area contributed by atoms with E-state index < -0.39 is 16.4 Å². The lowest BCUT2D eigenvalue weighted by atomic mass is 9.67. The highest BCUT2D eigenvalue weighted by atomic mass is 16.6. The molecule has 0 unspecified atom stereocenters. The van der Waals surface area contributed by atoms with Crippen molar-refractivity contribution in [1.29, 1.82) is 0 Å². The van der Waals surface area contributed by atoms with Gasteiger partial charge in [0.25, 0.3) is 5.69 Å².